The number of carbonyl (C=O) groups excluding carboxylic acids is 2. The smallest absolute Gasteiger partial charge is 0.338 e. The van der Waals surface area contributed by atoms with E-state index in [0.717, 1.165) is 31.4 Å². The van der Waals surface area contributed by atoms with Crippen LogP contribution < -0.4 is 5.32 Å². The van der Waals surface area contributed by atoms with Gasteiger partial charge in [-0.3, -0.25) is 4.79 Å². The van der Waals surface area contributed by atoms with E-state index in [-0.39, 0.29) is 18.6 Å². The Morgan fingerprint density at radius 1 is 1.38 bits per heavy atom. The van der Waals surface area contributed by atoms with Gasteiger partial charge in [-0.05, 0) is 43.9 Å². The highest BCUT2D eigenvalue weighted by atomic mass is 16.6. The van der Waals surface area contributed by atoms with Gasteiger partial charge in [0.25, 0.3) is 0 Å². The van der Waals surface area contributed by atoms with E-state index in [2.05, 4.69) is 5.32 Å². The third-order valence-electron chi connectivity index (χ3n) is 3.46. The van der Waals surface area contributed by atoms with Gasteiger partial charge in [-0.2, -0.15) is 0 Å². The van der Waals surface area contributed by atoms with Gasteiger partial charge < -0.3 is 14.8 Å². The lowest BCUT2D eigenvalue weighted by Crippen LogP contribution is -2.26. The van der Waals surface area contributed by atoms with Gasteiger partial charge in [0.05, 0.1) is 11.7 Å². The SMILES string of the molecule is CC(=O)Nc1cc(C(=O)OCC2CCCCO2)ccc1C. The minimum Gasteiger partial charge on any atom is -0.459 e. The number of hydrogen-bond donors (Lipinski definition) is 1. The summed E-state index contributed by atoms with van der Waals surface area (Å²) in [5.74, 6) is -0.560. The fourth-order valence-electron chi connectivity index (χ4n) is 2.26. The number of esters is 1. The molecule has 2 rings (SSSR count). The van der Waals surface area contributed by atoms with Crippen molar-refractivity contribution in [3.05, 3.63) is 29.3 Å². The van der Waals surface area contributed by atoms with Crippen LogP contribution in [-0.4, -0.2) is 31.2 Å². The number of carbonyl (C=O) groups is 2. The number of anilines is 1. The van der Waals surface area contributed by atoms with Gasteiger partial charge >= 0.3 is 5.97 Å². The van der Waals surface area contributed by atoms with Gasteiger partial charge in [0, 0.05) is 19.2 Å². The van der Waals surface area contributed by atoms with Crippen LogP contribution in [0.25, 0.3) is 0 Å². The third-order valence-corrected chi connectivity index (χ3v) is 3.46. The maximum absolute atomic E-state index is 12.0. The quantitative estimate of drug-likeness (QED) is 0.866. The molecule has 0 bridgehead atoms. The number of rotatable bonds is 4. The second-order valence-corrected chi connectivity index (χ2v) is 5.30. The molecule has 0 saturated carbocycles. The first kappa shape index (κ1) is 15.5. The predicted molar refractivity (Wildman–Crippen MR) is 79.4 cm³/mol. The molecule has 1 saturated heterocycles. The first-order valence-electron chi connectivity index (χ1n) is 7.23. The van der Waals surface area contributed by atoms with E-state index < -0.39 is 5.97 Å². The Balaban J connectivity index is 1.96. The molecule has 0 aliphatic carbocycles. The summed E-state index contributed by atoms with van der Waals surface area (Å²) < 4.78 is 10.8. The molecule has 5 heteroatoms. The van der Waals surface area contributed by atoms with Crippen molar-refractivity contribution in [2.24, 2.45) is 0 Å². The summed E-state index contributed by atoms with van der Waals surface area (Å²) >= 11 is 0. The Morgan fingerprint density at radius 3 is 2.86 bits per heavy atom. The van der Waals surface area contributed by atoms with Gasteiger partial charge in [-0.25, -0.2) is 4.79 Å². The topological polar surface area (TPSA) is 64.6 Å². The summed E-state index contributed by atoms with van der Waals surface area (Å²) in [6.45, 7) is 4.32. The van der Waals surface area contributed by atoms with E-state index in [1.807, 2.05) is 6.92 Å². The lowest BCUT2D eigenvalue weighted by Gasteiger charge is -2.22. The largest absolute Gasteiger partial charge is 0.459 e. The molecular formula is C16H21NO4. The van der Waals surface area contributed by atoms with E-state index >= 15 is 0 Å². The number of amides is 1. The van der Waals surface area contributed by atoms with E-state index in [9.17, 15) is 9.59 Å². The molecule has 1 atom stereocenters. The van der Waals surface area contributed by atoms with Crippen LogP contribution in [0.4, 0.5) is 5.69 Å². The normalized spacial score (nSPS) is 18.1. The maximum atomic E-state index is 12.0. The molecule has 5 nitrogen and oxygen atoms in total. The zero-order valence-corrected chi connectivity index (χ0v) is 12.5. The summed E-state index contributed by atoms with van der Waals surface area (Å²) in [5.41, 5.74) is 1.96. The molecule has 1 amide bonds. The summed E-state index contributed by atoms with van der Waals surface area (Å²) in [7, 11) is 0. The first-order chi connectivity index (χ1) is 10.1. The van der Waals surface area contributed by atoms with Crippen LogP contribution in [0.2, 0.25) is 0 Å². The molecule has 1 aromatic carbocycles. The Bertz CT molecular complexity index is 521. The fraction of sp³-hybridized carbons (Fsp3) is 0.500. The molecule has 1 fully saturated rings. The minimum atomic E-state index is -0.393. The Labute approximate surface area is 124 Å². The Hall–Kier alpha value is -1.88. The standard InChI is InChI=1S/C16H21NO4/c1-11-6-7-13(9-15(11)17-12(2)18)16(19)21-10-14-5-3-4-8-20-14/h6-7,9,14H,3-5,8,10H2,1-2H3,(H,17,18). The minimum absolute atomic E-state index is 0.00274. The van der Waals surface area contributed by atoms with Crippen LogP contribution in [0.3, 0.4) is 0 Å². The highest BCUT2D eigenvalue weighted by Gasteiger charge is 2.17. The molecule has 1 aliphatic rings. The molecule has 0 spiro atoms. The number of nitrogens with one attached hydrogen (secondary N) is 1. The van der Waals surface area contributed by atoms with Crippen molar-refractivity contribution in [2.75, 3.05) is 18.5 Å². The van der Waals surface area contributed by atoms with Gasteiger partial charge in [0.1, 0.15) is 6.61 Å². The van der Waals surface area contributed by atoms with Crippen LogP contribution in [0.5, 0.6) is 0 Å². The monoisotopic (exact) mass is 291 g/mol. The van der Waals surface area contributed by atoms with Crippen molar-refractivity contribution in [1.82, 2.24) is 0 Å². The van der Waals surface area contributed by atoms with E-state index in [4.69, 9.17) is 9.47 Å². The zero-order valence-electron chi connectivity index (χ0n) is 12.5. The van der Waals surface area contributed by atoms with Gasteiger partial charge in [0.2, 0.25) is 5.91 Å². The molecule has 114 valence electrons. The lowest BCUT2D eigenvalue weighted by atomic mass is 10.1. The number of hydrogen-bond acceptors (Lipinski definition) is 4. The Kier molecular flexibility index (Phi) is 5.33. The van der Waals surface area contributed by atoms with Crippen LogP contribution >= 0.6 is 0 Å². The summed E-state index contributed by atoms with van der Waals surface area (Å²) in [5, 5.41) is 2.70. The highest BCUT2D eigenvalue weighted by molar-refractivity contribution is 5.94. The second-order valence-electron chi connectivity index (χ2n) is 5.30. The molecule has 1 N–H and O–H groups in total. The molecule has 1 unspecified atom stereocenters. The van der Waals surface area contributed by atoms with E-state index in [1.54, 1.807) is 18.2 Å². The first-order valence-corrected chi connectivity index (χ1v) is 7.23. The lowest BCUT2D eigenvalue weighted by molar-refractivity contribution is -0.114. The van der Waals surface area contributed by atoms with Crippen molar-refractivity contribution in [1.29, 1.82) is 0 Å². The van der Waals surface area contributed by atoms with Crippen molar-refractivity contribution in [3.8, 4) is 0 Å². The highest BCUT2D eigenvalue weighted by Crippen LogP contribution is 2.18. The second kappa shape index (κ2) is 7.22. The number of benzene rings is 1. The third kappa shape index (κ3) is 4.56. The van der Waals surface area contributed by atoms with Gasteiger partial charge in [0.15, 0.2) is 0 Å². The molecule has 1 heterocycles. The summed E-state index contributed by atoms with van der Waals surface area (Å²) in [4.78, 5) is 23.2. The molecule has 21 heavy (non-hydrogen) atoms. The van der Waals surface area contributed by atoms with Crippen molar-refractivity contribution in [2.45, 2.75) is 39.2 Å². The average molecular weight is 291 g/mol. The van der Waals surface area contributed by atoms with Crippen LogP contribution in [0.1, 0.15) is 42.1 Å². The van der Waals surface area contributed by atoms with Crippen molar-refractivity contribution < 1.29 is 19.1 Å². The number of aryl methyl sites for hydroxylation is 1. The van der Waals surface area contributed by atoms with E-state index in [0.29, 0.717) is 11.3 Å². The van der Waals surface area contributed by atoms with Crippen molar-refractivity contribution >= 4 is 17.6 Å². The van der Waals surface area contributed by atoms with Gasteiger partial charge in [-0.1, -0.05) is 6.07 Å². The maximum Gasteiger partial charge on any atom is 0.338 e. The molecule has 1 aliphatic heterocycles. The van der Waals surface area contributed by atoms with Crippen LogP contribution in [0.15, 0.2) is 18.2 Å². The molecule has 0 radical (unpaired) electrons. The molecule has 0 aromatic heterocycles. The zero-order chi connectivity index (χ0) is 15.2. The predicted octanol–water partition coefficient (Wildman–Crippen LogP) is 2.68. The average Bonchev–Trinajstić information content (AvgIpc) is 2.47. The van der Waals surface area contributed by atoms with Crippen LogP contribution in [0, 0.1) is 6.92 Å². The summed E-state index contributed by atoms with van der Waals surface area (Å²) in [6, 6.07) is 5.13. The molecular weight excluding hydrogens is 270 g/mol. The number of ether oxygens (including phenoxy) is 2. The molecule has 1 aromatic rings. The van der Waals surface area contributed by atoms with Crippen LogP contribution in [-0.2, 0) is 14.3 Å². The fourth-order valence-corrected chi connectivity index (χ4v) is 2.26. The van der Waals surface area contributed by atoms with Crippen molar-refractivity contribution in [3.63, 3.8) is 0 Å². The Morgan fingerprint density at radius 2 is 2.19 bits per heavy atom. The summed E-state index contributed by atoms with van der Waals surface area (Å²) in [6.07, 6.45) is 3.11. The van der Waals surface area contributed by atoms with E-state index in [1.165, 1.54) is 6.92 Å². The van der Waals surface area contributed by atoms with Gasteiger partial charge in [-0.15, -0.1) is 0 Å².